The third-order valence-electron chi connectivity index (χ3n) is 5.79. The molecular formula is C30H30Cl2SiZr-4. The van der Waals surface area contributed by atoms with Gasteiger partial charge in [0, 0.05) is 0 Å². The van der Waals surface area contributed by atoms with Gasteiger partial charge < -0.3 is 14.9 Å². The zero-order chi connectivity index (χ0) is 21.1. The maximum absolute atomic E-state index is 3.32. The average Bonchev–Trinajstić information content (AvgIpc) is 3.34. The predicted octanol–water partition coefficient (Wildman–Crippen LogP) is 8.69. The van der Waals surface area contributed by atoms with Gasteiger partial charge in [-0.15, -0.1) is 60.2 Å². The zero-order valence-corrected chi connectivity index (χ0v) is 25.1. The Balaban J connectivity index is 0.000000538. The van der Waals surface area contributed by atoms with Crippen LogP contribution in [-0.2, 0) is 23.3 Å². The van der Waals surface area contributed by atoms with Crippen molar-refractivity contribution >= 4 is 53.2 Å². The Morgan fingerprint density at radius 1 is 0.588 bits per heavy atom. The normalized spacial score (nSPS) is 15.6. The number of halogens is 2. The number of hydrogen-bond donors (Lipinski definition) is 0. The summed E-state index contributed by atoms with van der Waals surface area (Å²) >= 11 is 1.36. The summed E-state index contributed by atoms with van der Waals surface area (Å²) < 4.78 is 0. The molecule has 6 rings (SSSR count). The second kappa shape index (κ2) is 14.8. The standard InChI is InChI=1S/2C14H11.2CH3.2ClH.Si.Zr/c2*1-10-6-7-13-8-11-4-2-3-5-12(11)9-14(10)13;;;;;;/h2*2-6,8-10H,1H3;2*1H3;2*1H;;/q4*-1;;;;. The van der Waals surface area contributed by atoms with Crippen molar-refractivity contribution in [3.63, 3.8) is 0 Å². The summed E-state index contributed by atoms with van der Waals surface area (Å²) in [6.45, 7) is 7.49. The summed E-state index contributed by atoms with van der Waals surface area (Å²) in [4.78, 5) is 0. The Kier molecular flexibility index (Phi) is 14.2. The van der Waals surface area contributed by atoms with Crippen molar-refractivity contribution in [2.24, 2.45) is 0 Å². The molecule has 0 heterocycles. The molecule has 176 valence electrons. The first-order valence-electron chi connectivity index (χ1n) is 10.2. The van der Waals surface area contributed by atoms with E-state index in [1.165, 1.54) is 67.1 Å². The molecule has 0 spiro atoms. The van der Waals surface area contributed by atoms with Crippen molar-refractivity contribution in [3.8, 4) is 0 Å². The van der Waals surface area contributed by atoms with Crippen LogP contribution in [0.1, 0.15) is 47.9 Å². The van der Waals surface area contributed by atoms with Crippen molar-refractivity contribution < 1.29 is 23.3 Å². The topological polar surface area (TPSA) is 0 Å². The Morgan fingerprint density at radius 2 is 0.882 bits per heavy atom. The maximum atomic E-state index is 3.32. The molecule has 4 aromatic carbocycles. The third-order valence-corrected chi connectivity index (χ3v) is 5.79. The second-order valence-corrected chi connectivity index (χ2v) is 7.77. The van der Waals surface area contributed by atoms with E-state index in [0.29, 0.717) is 11.8 Å². The molecule has 0 saturated carbocycles. The van der Waals surface area contributed by atoms with Crippen LogP contribution in [0.2, 0.25) is 0 Å². The van der Waals surface area contributed by atoms with Crippen LogP contribution in [-0.4, -0.2) is 6.88 Å². The van der Waals surface area contributed by atoms with E-state index >= 15 is 0 Å². The first-order valence-corrected chi connectivity index (χ1v) is 14.4. The fraction of sp³-hybridized carbons (Fsp3) is 0.133. The van der Waals surface area contributed by atoms with Gasteiger partial charge in [0.15, 0.2) is 0 Å². The molecule has 4 heteroatoms. The summed E-state index contributed by atoms with van der Waals surface area (Å²) in [6.07, 6.45) is 10.9. The van der Waals surface area contributed by atoms with Gasteiger partial charge in [-0.1, -0.05) is 85.0 Å². The minimum atomic E-state index is 0. The van der Waals surface area contributed by atoms with Gasteiger partial charge in [0.05, 0.1) is 0 Å². The molecule has 0 aromatic heterocycles. The van der Waals surface area contributed by atoms with Crippen LogP contribution >= 0.6 is 24.8 Å². The minimum absolute atomic E-state index is 0. The number of benzene rings is 4. The van der Waals surface area contributed by atoms with E-state index in [4.69, 9.17) is 0 Å². The molecule has 0 bridgehead atoms. The molecule has 0 amide bonds. The van der Waals surface area contributed by atoms with Crippen molar-refractivity contribution in [3.05, 3.63) is 134 Å². The Morgan fingerprint density at radius 3 is 1.21 bits per heavy atom. The van der Waals surface area contributed by atoms with E-state index in [0.717, 1.165) is 0 Å². The molecule has 0 saturated heterocycles. The van der Waals surface area contributed by atoms with Gasteiger partial charge in [-0.2, -0.15) is 35.4 Å². The van der Waals surface area contributed by atoms with Crippen LogP contribution < -0.4 is 0 Å². The summed E-state index contributed by atoms with van der Waals surface area (Å²) in [7, 11) is 0. The molecule has 34 heavy (non-hydrogen) atoms. The van der Waals surface area contributed by atoms with E-state index in [1.54, 1.807) is 0 Å². The fourth-order valence-electron chi connectivity index (χ4n) is 4.13. The van der Waals surface area contributed by atoms with E-state index in [2.05, 4.69) is 118 Å². The number of fused-ring (bicyclic) bond motifs is 4. The van der Waals surface area contributed by atoms with E-state index in [9.17, 15) is 0 Å². The molecule has 2 atom stereocenters. The van der Waals surface area contributed by atoms with Gasteiger partial charge in [0.1, 0.15) is 0 Å². The molecule has 2 unspecified atom stereocenters. The average molecular weight is 581 g/mol. The molecule has 2 radical (unpaired) electrons. The van der Waals surface area contributed by atoms with Crippen molar-refractivity contribution in [1.29, 1.82) is 0 Å². The molecule has 0 N–H and O–H groups in total. The summed E-state index contributed by atoms with van der Waals surface area (Å²) in [6, 6.07) is 26.0. The Bertz CT molecular complexity index is 1180. The number of rotatable bonds is 0. The Hall–Kier alpha value is -1.44. The van der Waals surface area contributed by atoms with Crippen LogP contribution in [0.4, 0.5) is 0 Å². The predicted molar refractivity (Wildman–Crippen MR) is 152 cm³/mol. The molecule has 0 aliphatic heterocycles. The van der Waals surface area contributed by atoms with Crippen molar-refractivity contribution in [2.75, 3.05) is 0 Å². The van der Waals surface area contributed by atoms with E-state index in [1.807, 2.05) is 0 Å². The second-order valence-electron chi connectivity index (χ2n) is 7.77. The summed E-state index contributed by atoms with van der Waals surface area (Å²) in [5, 5.41) is 5.27. The van der Waals surface area contributed by atoms with Crippen LogP contribution in [0, 0.1) is 27.0 Å². The van der Waals surface area contributed by atoms with E-state index in [-0.39, 0.29) is 39.7 Å². The van der Waals surface area contributed by atoms with Gasteiger partial charge >= 0.3 is 30.2 Å². The molecule has 0 fully saturated rings. The van der Waals surface area contributed by atoms with Gasteiger partial charge in [0.2, 0.25) is 0 Å². The van der Waals surface area contributed by atoms with Crippen LogP contribution in [0.25, 0.3) is 21.5 Å². The molecule has 2 aliphatic carbocycles. The zero-order valence-electron chi connectivity index (χ0n) is 20.1. The molecule has 4 aromatic rings. The van der Waals surface area contributed by atoms with Crippen LogP contribution in [0.3, 0.4) is 0 Å². The fourth-order valence-corrected chi connectivity index (χ4v) is 4.13. The SMILES string of the molecule is CC1C=[C-]c2cc3ccccc3cc21.CC1C=[C-]c2cc3ccccc3cc21.Cl.Cl.[CH3-].[CH3-].[Si]=[Zr]. The van der Waals surface area contributed by atoms with Crippen molar-refractivity contribution in [2.45, 2.75) is 25.7 Å². The molecular weight excluding hydrogens is 551 g/mol. The monoisotopic (exact) mass is 578 g/mol. The first kappa shape index (κ1) is 32.6. The van der Waals surface area contributed by atoms with Crippen molar-refractivity contribution in [1.82, 2.24) is 0 Å². The van der Waals surface area contributed by atoms with Gasteiger partial charge in [-0.3, -0.25) is 0 Å². The molecule has 0 nitrogen and oxygen atoms in total. The molecule has 2 aliphatic rings. The van der Waals surface area contributed by atoms with Gasteiger partial charge in [-0.25, -0.2) is 0 Å². The Labute approximate surface area is 235 Å². The van der Waals surface area contributed by atoms with Crippen LogP contribution in [0.5, 0.6) is 0 Å². The summed E-state index contributed by atoms with van der Waals surface area (Å²) in [5.41, 5.74) is 5.33. The first-order chi connectivity index (χ1) is 14.7. The van der Waals surface area contributed by atoms with Gasteiger partial charge in [-0.05, 0) is 10.8 Å². The number of allylic oxidation sites excluding steroid dienone is 2. The quantitative estimate of drug-likeness (QED) is 0.144. The number of hydrogen-bond acceptors (Lipinski definition) is 0. The summed E-state index contributed by atoms with van der Waals surface area (Å²) in [5.74, 6) is 1.05. The third kappa shape index (κ3) is 6.82. The van der Waals surface area contributed by atoms with Crippen LogP contribution in [0.15, 0.2) is 84.9 Å². The van der Waals surface area contributed by atoms with Gasteiger partial charge in [0.25, 0.3) is 0 Å². The van der Waals surface area contributed by atoms with E-state index < -0.39 is 0 Å².